The molecule has 0 bridgehead atoms. The summed E-state index contributed by atoms with van der Waals surface area (Å²) in [5.74, 6) is 0. The molecule has 152 valence electrons. The summed E-state index contributed by atoms with van der Waals surface area (Å²) in [7, 11) is 0. The van der Waals surface area contributed by atoms with E-state index in [2.05, 4.69) is 45.9 Å². The van der Waals surface area contributed by atoms with Crippen molar-refractivity contribution in [1.82, 2.24) is 0 Å². The molecule has 0 aliphatic heterocycles. The first-order valence-electron chi connectivity index (χ1n) is 11.0. The molecular weight excluding hydrogens is 332 g/mol. The SMILES string of the molecule is Cc1ccc(CCCCCCC(C)(C)C)cc1CCCCC1(OC=O)CC1. The fourth-order valence-electron chi connectivity index (χ4n) is 3.92. The van der Waals surface area contributed by atoms with E-state index < -0.39 is 0 Å². The summed E-state index contributed by atoms with van der Waals surface area (Å²) >= 11 is 0. The fraction of sp³-hybridized carbons (Fsp3) is 0.720. The van der Waals surface area contributed by atoms with Crippen LogP contribution in [0.15, 0.2) is 18.2 Å². The number of ether oxygens (including phenoxy) is 1. The Morgan fingerprint density at radius 3 is 2.37 bits per heavy atom. The van der Waals surface area contributed by atoms with Gasteiger partial charge in [-0.15, -0.1) is 0 Å². The molecule has 0 radical (unpaired) electrons. The molecule has 0 N–H and O–H groups in total. The third kappa shape index (κ3) is 8.49. The van der Waals surface area contributed by atoms with E-state index in [4.69, 9.17) is 4.74 Å². The Bertz CT molecular complexity index is 578. The molecule has 1 aliphatic rings. The van der Waals surface area contributed by atoms with E-state index in [1.165, 1.54) is 61.6 Å². The maximum Gasteiger partial charge on any atom is 0.293 e. The molecule has 0 spiro atoms. The lowest BCUT2D eigenvalue weighted by Crippen LogP contribution is -2.12. The Morgan fingerprint density at radius 1 is 1.00 bits per heavy atom. The zero-order chi connectivity index (χ0) is 19.8. The molecule has 1 fully saturated rings. The fourth-order valence-corrected chi connectivity index (χ4v) is 3.92. The standard InChI is InChI=1S/C25H40O2/c1-21-13-14-22(11-7-5-6-9-15-24(2,3)4)19-23(21)12-8-10-16-25(17-18-25)27-20-26/h13-14,19-20H,5-12,15-18H2,1-4H3. The van der Waals surface area contributed by atoms with Crippen molar-refractivity contribution in [3.05, 3.63) is 34.9 Å². The molecule has 1 aliphatic carbocycles. The number of carbonyl (C=O) groups is 1. The Balaban J connectivity index is 1.66. The van der Waals surface area contributed by atoms with Crippen molar-refractivity contribution in [2.45, 2.75) is 110 Å². The molecule has 0 aromatic heterocycles. The molecular formula is C25H40O2. The highest BCUT2D eigenvalue weighted by atomic mass is 16.5. The lowest BCUT2D eigenvalue weighted by molar-refractivity contribution is -0.135. The van der Waals surface area contributed by atoms with Crippen LogP contribution in [0.1, 0.15) is 102 Å². The first kappa shape index (κ1) is 22.0. The van der Waals surface area contributed by atoms with Crippen molar-refractivity contribution in [2.24, 2.45) is 5.41 Å². The molecule has 0 heterocycles. The third-order valence-electron chi connectivity index (χ3n) is 5.99. The monoisotopic (exact) mass is 372 g/mol. The lowest BCUT2D eigenvalue weighted by Gasteiger charge is -2.17. The molecule has 2 rings (SSSR count). The number of carbonyl (C=O) groups excluding carboxylic acids is 1. The maximum absolute atomic E-state index is 10.6. The van der Waals surface area contributed by atoms with Gasteiger partial charge in [0.15, 0.2) is 0 Å². The van der Waals surface area contributed by atoms with Crippen LogP contribution in [0.5, 0.6) is 0 Å². The maximum atomic E-state index is 10.6. The summed E-state index contributed by atoms with van der Waals surface area (Å²) in [5, 5.41) is 0. The number of unbranched alkanes of at least 4 members (excludes halogenated alkanes) is 4. The number of aryl methyl sites for hydroxylation is 3. The molecule has 1 aromatic rings. The van der Waals surface area contributed by atoms with Gasteiger partial charge in [-0.2, -0.15) is 0 Å². The Labute approximate surface area is 167 Å². The van der Waals surface area contributed by atoms with Gasteiger partial charge in [0.1, 0.15) is 5.60 Å². The first-order chi connectivity index (χ1) is 12.8. The van der Waals surface area contributed by atoms with Crippen molar-refractivity contribution in [3.63, 3.8) is 0 Å². The molecule has 1 aromatic carbocycles. The van der Waals surface area contributed by atoms with Crippen LogP contribution >= 0.6 is 0 Å². The Kier molecular flexibility index (Phi) is 8.38. The Hall–Kier alpha value is -1.31. The molecule has 0 atom stereocenters. The average molecular weight is 373 g/mol. The van der Waals surface area contributed by atoms with Crippen molar-refractivity contribution in [1.29, 1.82) is 0 Å². The van der Waals surface area contributed by atoms with Gasteiger partial charge in [0.25, 0.3) is 6.47 Å². The van der Waals surface area contributed by atoms with Gasteiger partial charge in [-0.05, 0) is 86.8 Å². The van der Waals surface area contributed by atoms with Gasteiger partial charge < -0.3 is 4.74 Å². The second kappa shape index (κ2) is 10.3. The van der Waals surface area contributed by atoms with Crippen LogP contribution in [0.25, 0.3) is 0 Å². The summed E-state index contributed by atoms with van der Waals surface area (Å²) in [6.45, 7) is 9.86. The molecule has 0 unspecified atom stereocenters. The van der Waals surface area contributed by atoms with Gasteiger partial charge in [0.05, 0.1) is 0 Å². The van der Waals surface area contributed by atoms with Crippen LogP contribution in [0, 0.1) is 12.3 Å². The Morgan fingerprint density at radius 2 is 1.70 bits per heavy atom. The predicted molar refractivity (Wildman–Crippen MR) is 114 cm³/mol. The van der Waals surface area contributed by atoms with Gasteiger partial charge in [-0.25, -0.2) is 0 Å². The largest absolute Gasteiger partial charge is 0.461 e. The summed E-state index contributed by atoms with van der Waals surface area (Å²) in [5.41, 5.74) is 4.79. The third-order valence-corrected chi connectivity index (χ3v) is 5.99. The van der Waals surface area contributed by atoms with Gasteiger partial charge in [0.2, 0.25) is 0 Å². The van der Waals surface area contributed by atoms with E-state index in [0.717, 1.165) is 32.1 Å². The van der Waals surface area contributed by atoms with Gasteiger partial charge in [0, 0.05) is 0 Å². The van der Waals surface area contributed by atoms with Crippen LogP contribution < -0.4 is 0 Å². The van der Waals surface area contributed by atoms with Crippen LogP contribution in [-0.4, -0.2) is 12.1 Å². The summed E-state index contributed by atoms with van der Waals surface area (Å²) in [6, 6.07) is 7.03. The highest BCUT2D eigenvalue weighted by Gasteiger charge is 2.44. The molecule has 0 saturated heterocycles. The predicted octanol–water partition coefficient (Wildman–Crippen LogP) is 6.95. The van der Waals surface area contributed by atoms with E-state index in [1.807, 2.05) is 0 Å². The van der Waals surface area contributed by atoms with E-state index in [9.17, 15) is 4.79 Å². The molecule has 2 nitrogen and oxygen atoms in total. The quantitative estimate of drug-likeness (QED) is 0.276. The summed E-state index contributed by atoms with van der Waals surface area (Å²) in [6.07, 6.45) is 14.5. The topological polar surface area (TPSA) is 26.3 Å². The van der Waals surface area contributed by atoms with Crippen molar-refractivity contribution >= 4 is 6.47 Å². The van der Waals surface area contributed by atoms with Gasteiger partial charge >= 0.3 is 0 Å². The van der Waals surface area contributed by atoms with Crippen LogP contribution in [0.2, 0.25) is 0 Å². The van der Waals surface area contributed by atoms with E-state index in [-0.39, 0.29) is 5.60 Å². The molecule has 1 saturated carbocycles. The second-order valence-electron chi connectivity index (χ2n) is 9.84. The highest BCUT2D eigenvalue weighted by molar-refractivity contribution is 5.39. The van der Waals surface area contributed by atoms with Crippen LogP contribution in [0.3, 0.4) is 0 Å². The van der Waals surface area contributed by atoms with E-state index in [1.54, 1.807) is 0 Å². The van der Waals surface area contributed by atoms with Gasteiger partial charge in [-0.1, -0.05) is 58.2 Å². The van der Waals surface area contributed by atoms with E-state index in [0.29, 0.717) is 11.9 Å². The van der Waals surface area contributed by atoms with Crippen molar-refractivity contribution in [3.8, 4) is 0 Å². The van der Waals surface area contributed by atoms with Crippen LogP contribution in [0.4, 0.5) is 0 Å². The minimum Gasteiger partial charge on any atom is -0.461 e. The summed E-state index contributed by atoms with van der Waals surface area (Å²) in [4.78, 5) is 10.6. The summed E-state index contributed by atoms with van der Waals surface area (Å²) < 4.78 is 5.25. The minimum atomic E-state index is -0.0916. The minimum absolute atomic E-state index is 0.0916. The van der Waals surface area contributed by atoms with Crippen molar-refractivity contribution in [2.75, 3.05) is 0 Å². The second-order valence-corrected chi connectivity index (χ2v) is 9.84. The lowest BCUT2D eigenvalue weighted by atomic mass is 9.89. The number of rotatable bonds is 13. The van der Waals surface area contributed by atoms with E-state index >= 15 is 0 Å². The zero-order valence-electron chi connectivity index (χ0n) is 18.1. The van der Waals surface area contributed by atoms with Crippen molar-refractivity contribution < 1.29 is 9.53 Å². The zero-order valence-corrected chi connectivity index (χ0v) is 18.1. The number of hydrogen-bond acceptors (Lipinski definition) is 2. The average Bonchev–Trinajstić information content (AvgIpc) is 3.36. The molecule has 27 heavy (non-hydrogen) atoms. The van der Waals surface area contributed by atoms with Crippen LogP contribution in [-0.2, 0) is 22.4 Å². The normalized spacial score (nSPS) is 15.6. The molecule has 2 heteroatoms. The highest BCUT2D eigenvalue weighted by Crippen LogP contribution is 2.43. The number of benzene rings is 1. The molecule has 0 amide bonds. The smallest absolute Gasteiger partial charge is 0.293 e. The first-order valence-corrected chi connectivity index (χ1v) is 11.0. The number of hydrogen-bond donors (Lipinski definition) is 0. The van der Waals surface area contributed by atoms with Gasteiger partial charge in [-0.3, -0.25) is 4.79 Å².